The van der Waals surface area contributed by atoms with Crippen LogP contribution in [-0.4, -0.2) is 44.7 Å². The maximum absolute atomic E-state index is 11.8. The van der Waals surface area contributed by atoms with Gasteiger partial charge in [-0.2, -0.15) is 0 Å². The molecule has 2 aromatic rings. The zero-order valence-electron chi connectivity index (χ0n) is 14.9. The molecule has 0 aliphatic heterocycles. The molecule has 5 nitrogen and oxygen atoms in total. The summed E-state index contributed by atoms with van der Waals surface area (Å²) in [6, 6.07) is 17.6. The van der Waals surface area contributed by atoms with Gasteiger partial charge < -0.3 is 19.7 Å². The normalized spacial score (nSPS) is 10.5. The first-order valence-corrected chi connectivity index (χ1v) is 8.43. The Balaban J connectivity index is 1.58. The molecule has 134 valence electrons. The van der Waals surface area contributed by atoms with Gasteiger partial charge in [0.25, 0.3) is 5.91 Å². The first-order valence-electron chi connectivity index (χ1n) is 8.43. The molecule has 0 atom stereocenters. The van der Waals surface area contributed by atoms with Crippen LogP contribution in [0.25, 0.3) is 0 Å². The molecule has 0 unspecified atom stereocenters. The van der Waals surface area contributed by atoms with Crippen LogP contribution in [0.2, 0.25) is 0 Å². The molecule has 5 heteroatoms. The first-order chi connectivity index (χ1) is 12.2. The molecule has 0 radical (unpaired) electrons. The number of carbonyl (C=O) groups is 1. The Bertz CT molecular complexity index is 646. The van der Waals surface area contributed by atoms with Crippen LogP contribution in [0, 0.1) is 0 Å². The summed E-state index contributed by atoms with van der Waals surface area (Å²) in [5.74, 6) is 1.21. The van der Waals surface area contributed by atoms with Crippen molar-refractivity contribution in [1.29, 1.82) is 0 Å². The number of rotatable bonds is 10. The second kappa shape index (κ2) is 10.4. The van der Waals surface area contributed by atoms with Gasteiger partial charge in [0.1, 0.15) is 11.5 Å². The van der Waals surface area contributed by atoms with Gasteiger partial charge in [-0.1, -0.05) is 36.4 Å². The minimum atomic E-state index is -0.117. The fourth-order valence-electron chi connectivity index (χ4n) is 2.44. The van der Waals surface area contributed by atoms with Crippen molar-refractivity contribution in [3.05, 3.63) is 60.2 Å². The second-order valence-electron chi connectivity index (χ2n) is 5.89. The topological polar surface area (TPSA) is 50.8 Å². The zero-order chi connectivity index (χ0) is 17.9. The Kier molecular flexibility index (Phi) is 7.79. The zero-order valence-corrected chi connectivity index (χ0v) is 14.9. The number of nitrogens with one attached hydrogen (secondary N) is 1. The van der Waals surface area contributed by atoms with Gasteiger partial charge in [0.15, 0.2) is 6.61 Å². The predicted molar refractivity (Wildman–Crippen MR) is 98.9 cm³/mol. The number of nitrogens with zero attached hydrogens (tertiary/aromatic N) is 1. The maximum Gasteiger partial charge on any atom is 0.257 e. The fourth-order valence-corrected chi connectivity index (χ4v) is 2.44. The smallest absolute Gasteiger partial charge is 0.257 e. The lowest BCUT2D eigenvalue weighted by Gasteiger charge is -2.16. The van der Waals surface area contributed by atoms with E-state index in [0.717, 1.165) is 19.5 Å². The lowest BCUT2D eigenvalue weighted by Crippen LogP contribution is -2.31. The van der Waals surface area contributed by atoms with Crippen LogP contribution in [0.3, 0.4) is 0 Å². The number of benzene rings is 2. The minimum absolute atomic E-state index is 0.00697. The molecular formula is C20H26N2O3. The number of amides is 1. The summed E-state index contributed by atoms with van der Waals surface area (Å²) < 4.78 is 10.6. The molecule has 2 aromatic carbocycles. The largest absolute Gasteiger partial charge is 0.497 e. The van der Waals surface area contributed by atoms with Crippen molar-refractivity contribution in [3.8, 4) is 11.5 Å². The van der Waals surface area contributed by atoms with Crippen LogP contribution in [0.1, 0.15) is 12.0 Å². The predicted octanol–water partition coefficient (Wildman–Crippen LogP) is 2.71. The van der Waals surface area contributed by atoms with Gasteiger partial charge in [-0.05, 0) is 37.7 Å². The monoisotopic (exact) mass is 342 g/mol. The Labute approximate surface area is 149 Å². The highest BCUT2D eigenvalue weighted by Gasteiger charge is 2.04. The van der Waals surface area contributed by atoms with Gasteiger partial charge in [-0.15, -0.1) is 0 Å². The number of carbonyl (C=O) groups excluding carboxylic acids is 1. The molecular weight excluding hydrogens is 316 g/mol. The number of hydrogen-bond acceptors (Lipinski definition) is 4. The van der Waals surface area contributed by atoms with Gasteiger partial charge in [0, 0.05) is 19.2 Å². The third kappa shape index (κ3) is 7.27. The van der Waals surface area contributed by atoms with E-state index in [-0.39, 0.29) is 12.5 Å². The van der Waals surface area contributed by atoms with Gasteiger partial charge >= 0.3 is 0 Å². The summed E-state index contributed by atoms with van der Waals surface area (Å²) in [7, 11) is 3.68. The highest BCUT2D eigenvalue weighted by molar-refractivity contribution is 5.77. The Morgan fingerprint density at radius 2 is 1.84 bits per heavy atom. The van der Waals surface area contributed by atoms with Crippen molar-refractivity contribution < 1.29 is 14.3 Å². The third-order valence-corrected chi connectivity index (χ3v) is 3.75. The van der Waals surface area contributed by atoms with E-state index in [4.69, 9.17) is 9.47 Å². The van der Waals surface area contributed by atoms with Gasteiger partial charge in [0.05, 0.1) is 7.11 Å². The molecule has 0 aromatic heterocycles. The van der Waals surface area contributed by atoms with E-state index in [1.807, 2.05) is 30.3 Å². The van der Waals surface area contributed by atoms with Crippen molar-refractivity contribution in [2.75, 3.05) is 33.9 Å². The number of ether oxygens (including phenoxy) is 2. The van der Waals surface area contributed by atoms with Crippen molar-refractivity contribution >= 4 is 5.91 Å². The molecule has 0 aliphatic carbocycles. The van der Waals surface area contributed by atoms with E-state index in [2.05, 4.69) is 29.4 Å². The highest BCUT2D eigenvalue weighted by Crippen LogP contribution is 2.18. The summed E-state index contributed by atoms with van der Waals surface area (Å²) in [5.41, 5.74) is 1.29. The molecule has 0 fully saturated rings. The van der Waals surface area contributed by atoms with Gasteiger partial charge in [-0.3, -0.25) is 4.79 Å². The molecule has 0 heterocycles. The SMILES string of the molecule is COc1cccc(OCC(=O)NCCCN(C)Cc2ccccc2)c1. The van der Waals surface area contributed by atoms with Crippen LogP contribution in [0.15, 0.2) is 54.6 Å². The van der Waals surface area contributed by atoms with Crippen molar-refractivity contribution in [2.24, 2.45) is 0 Å². The summed E-state index contributed by atoms with van der Waals surface area (Å²) in [4.78, 5) is 14.1. The van der Waals surface area contributed by atoms with Crippen LogP contribution >= 0.6 is 0 Å². The molecule has 1 amide bonds. The summed E-state index contributed by atoms with van der Waals surface area (Å²) in [5, 5.41) is 2.88. The molecule has 1 N–H and O–H groups in total. The molecule has 0 aliphatic rings. The van der Waals surface area contributed by atoms with Crippen LogP contribution in [0.5, 0.6) is 11.5 Å². The summed E-state index contributed by atoms with van der Waals surface area (Å²) in [6.45, 7) is 2.48. The molecule has 0 spiro atoms. The first kappa shape index (κ1) is 18.8. The van der Waals surface area contributed by atoms with E-state index in [1.165, 1.54) is 5.56 Å². The van der Waals surface area contributed by atoms with Crippen molar-refractivity contribution in [2.45, 2.75) is 13.0 Å². The lowest BCUT2D eigenvalue weighted by atomic mass is 10.2. The lowest BCUT2D eigenvalue weighted by molar-refractivity contribution is -0.123. The van der Waals surface area contributed by atoms with Crippen LogP contribution in [0.4, 0.5) is 0 Å². The minimum Gasteiger partial charge on any atom is -0.497 e. The Morgan fingerprint density at radius 3 is 2.60 bits per heavy atom. The average Bonchev–Trinajstić information content (AvgIpc) is 2.64. The number of methoxy groups -OCH3 is 1. The number of hydrogen-bond donors (Lipinski definition) is 1. The van der Waals surface area contributed by atoms with Crippen molar-refractivity contribution in [3.63, 3.8) is 0 Å². The highest BCUT2D eigenvalue weighted by atomic mass is 16.5. The molecule has 0 bridgehead atoms. The van der Waals surface area contributed by atoms with E-state index in [1.54, 1.807) is 19.2 Å². The van der Waals surface area contributed by atoms with Crippen molar-refractivity contribution in [1.82, 2.24) is 10.2 Å². The van der Waals surface area contributed by atoms with E-state index < -0.39 is 0 Å². The van der Waals surface area contributed by atoms with Gasteiger partial charge in [-0.25, -0.2) is 0 Å². The quantitative estimate of drug-likeness (QED) is 0.675. The fraction of sp³-hybridized carbons (Fsp3) is 0.350. The van der Waals surface area contributed by atoms with E-state index in [0.29, 0.717) is 18.0 Å². The van der Waals surface area contributed by atoms with Gasteiger partial charge in [0.2, 0.25) is 0 Å². The maximum atomic E-state index is 11.8. The molecule has 25 heavy (non-hydrogen) atoms. The summed E-state index contributed by atoms with van der Waals surface area (Å²) in [6.07, 6.45) is 0.897. The molecule has 0 saturated carbocycles. The standard InChI is InChI=1S/C20H26N2O3/c1-22(15-17-8-4-3-5-9-17)13-7-12-21-20(23)16-25-19-11-6-10-18(14-19)24-2/h3-6,8-11,14H,7,12-13,15-16H2,1-2H3,(H,21,23). The second-order valence-corrected chi connectivity index (χ2v) is 5.89. The average molecular weight is 342 g/mol. The molecule has 2 rings (SSSR count). The Morgan fingerprint density at radius 1 is 1.08 bits per heavy atom. The van der Waals surface area contributed by atoms with Crippen LogP contribution in [-0.2, 0) is 11.3 Å². The third-order valence-electron chi connectivity index (χ3n) is 3.75. The van der Waals surface area contributed by atoms with E-state index >= 15 is 0 Å². The van der Waals surface area contributed by atoms with E-state index in [9.17, 15) is 4.79 Å². The summed E-state index contributed by atoms with van der Waals surface area (Å²) >= 11 is 0. The molecule has 0 saturated heterocycles. The Hall–Kier alpha value is -2.53. The van der Waals surface area contributed by atoms with Crippen LogP contribution < -0.4 is 14.8 Å².